The van der Waals surface area contributed by atoms with Gasteiger partial charge in [-0.2, -0.15) is 0 Å². The first-order chi connectivity index (χ1) is 6.93. The molecule has 1 heterocycles. The third-order valence-electron chi connectivity index (χ3n) is 5.13. The van der Waals surface area contributed by atoms with E-state index in [1.54, 1.807) is 7.11 Å². The molecule has 0 radical (unpaired) electrons. The molecule has 0 N–H and O–H groups in total. The van der Waals surface area contributed by atoms with E-state index >= 15 is 0 Å². The van der Waals surface area contributed by atoms with Crippen LogP contribution in [0.5, 0.6) is 0 Å². The molecule has 0 bridgehead atoms. The molecule has 3 heteroatoms. The molecule has 1 aliphatic carbocycles. The van der Waals surface area contributed by atoms with Crippen LogP contribution in [-0.2, 0) is 9.53 Å². The maximum atomic E-state index is 12.0. The van der Waals surface area contributed by atoms with Crippen LogP contribution in [0.3, 0.4) is 0 Å². The van der Waals surface area contributed by atoms with E-state index in [0.29, 0.717) is 17.0 Å². The van der Waals surface area contributed by atoms with Crippen LogP contribution in [0.2, 0.25) is 22.2 Å². The van der Waals surface area contributed by atoms with Gasteiger partial charge in [0.25, 0.3) is 0 Å². The fourth-order valence-corrected chi connectivity index (χ4v) is 12.0. The predicted molar refractivity (Wildman–Crippen MR) is 63.6 cm³/mol. The first-order valence-electron chi connectivity index (χ1n) is 6.02. The van der Waals surface area contributed by atoms with Gasteiger partial charge in [0.05, 0.1) is 20.2 Å². The summed E-state index contributed by atoms with van der Waals surface area (Å²) in [5, 5.41) is 0.0318. The Morgan fingerprint density at radius 3 is 2.13 bits per heavy atom. The Labute approximate surface area is 93.4 Å². The molecule has 2 nitrogen and oxygen atoms in total. The molecule has 2 fully saturated rings. The average molecular weight is 226 g/mol. The van der Waals surface area contributed by atoms with Crippen molar-refractivity contribution in [2.45, 2.75) is 56.3 Å². The van der Waals surface area contributed by atoms with Crippen LogP contribution in [0.25, 0.3) is 0 Å². The second kappa shape index (κ2) is 3.09. The van der Waals surface area contributed by atoms with E-state index in [1.165, 1.54) is 6.04 Å². The molecule has 2 rings (SSSR count). The van der Waals surface area contributed by atoms with Crippen molar-refractivity contribution in [3.8, 4) is 0 Å². The summed E-state index contributed by atoms with van der Waals surface area (Å²) in [4.78, 5) is 12.0. The summed E-state index contributed by atoms with van der Waals surface area (Å²) in [7, 11) is 0.111. The van der Waals surface area contributed by atoms with Crippen LogP contribution in [0, 0.1) is 5.92 Å². The highest BCUT2D eigenvalue weighted by molar-refractivity contribution is 6.92. The minimum atomic E-state index is -1.44. The number of hydrogen-bond donors (Lipinski definition) is 0. The highest BCUT2D eigenvalue weighted by Gasteiger charge is 2.82. The lowest BCUT2D eigenvalue weighted by Gasteiger charge is -2.52. The van der Waals surface area contributed by atoms with Gasteiger partial charge < -0.3 is 4.74 Å². The fourth-order valence-electron chi connectivity index (χ4n) is 4.40. The zero-order valence-electron chi connectivity index (χ0n) is 10.5. The topological polar surface area (TPSA) is 26.3 Å². The molecular formula is C12H22O2Si. The van der Waals surface area contributed by atoms with Crippen LogP contribution in [0.1, 0.15) is 34.1 Å². The summed E-state index contributed by atoms with van der Waals surface area (Å²) in [5.74, 6) is 0.786. The van der Waals surface area contributed by atoms with Crippen LogP contribution in [-0.4, -0.2) is 21.2 Å². The first-order valence-corrected chi connectivity index (χ1v) is 8.38. The lowest BCUT2D eigenvalue weighted by atomic mass is 10.3. The van der Waals surface area contributed by atoms with Crippen molar-refractivity contribution in [3.63, 3.8) is 0 Å². The normalized spacial score (nSPS) is 36.1. The Kier molecular flexibility index (Phi) is 2.31. The van der Waals surface area contributed by atoms with Gasteiger partial charge in [0, 0.05) is 0 Å². The lowest BCUT2D eigenvalue weighted by molar-refractivity contribution is -0.142. The minimum Gasteiger partial charge on any atom is -0.469 e. The summed E-state index contributed by atoms with van der Waals surface area (Å²) in [6.07, 6.45) is 1.13. The van der Waals surface area contributed by atoms with Crippen molar-refractivity contribution in [1.82, 2.24) is 0 Å². The van der Waals surface area contributed by atoms with Crippen LogP contribution < -0.4 is 0 Å². The van der Waals surface area contributed by atoms with Gasteiger partial charge >= 0.3 is 5.97 Å². The van der Waals surface area contributed by atoms with Gasteiger partial charge in [0.1, 0.15) is 0 Å². The summed E-state index contributed by atoms with van der Waals surface area (Å²) < 4.78 is 5.05. The molecule has 2 unspecified atom stereocenters. The molecule has 2 atom stereocenters. The van der Waals surface area contributed by atoms with E-state index in [1.807, 2.05) is 0 Å². The minimum absolute atomic E-state index is 0.0318. The van der Waals surface area contributed by atoms with Gasteiger partial charge in [0.15, 0.2) is 0 Å². The molecule has 2 aliphatic rings. The van der Waals surface area contributed by atoms with E-state index in [4.69, 9.17) is 4.74 Å². The van der Waals surface area contributed by atoms with Crippen LogP contribution in [0.15, 0.2) is 0 Å². The summed E-state index contributed by atoms with van der Waals surface area (Å²) in [6.45, 7) is 9.24. The summed E-state index contributed by atoms with van der Waals surface area (Å²) >= 11 is 0. The maximum Gasteiger partial charge on any atom is 0.309 e. The molecule has 0 amide bonds. The Hall–Kier alpha value is -0.313. The number of carbonyl (C=O) groups excluding carboxylic acids is 1. The number of rotatable bonds is 3. The second-order valence-corrected chi connectivity index (χ2v) is 11.6. The third kappa shape index (κ3) is 1.03. The molecule has 15 heavy (non-hydrogen) atoms. The van der Waals surface area contributed by atoms with Crippen molar-refractivity contribution in [2.75, 3.05) is 7.11 Å². The molecule has 0 spiro atoms. The fraction of sp³-hybridized carbons (Fsp3) is 0.917. The van der Waals surface area contributed by atoms with Crippen LogP contribution in [0.4, 0.5) is 0 Å². The third-order valence-corrected chi connectivity index (χ3v) is 12.9. The van der Waals surface area contributed by atoms with E-state index in [2.05, 4.69) is 27.7 Å². The Morgan fingerprint density at radius 2 is 1.87 bits per heavy atom. The summed E-state index contributed by atoms with van der Waals surface area (Å²) in [6, 6.07) is 1.36. The Morgan fingerprint density at radius 1 is 1.33 bits per heavy atom. The predicted octanol–water partition coefficient (Wildman–Crippen LogP) is 3.20. The van der Waals surface area contributed by atoms with E-state index < -0.39 is 8.07 Å². The largest absolute Gasteiger partial charge is 0.469 e. The van der Waals surface area contributed by atoms with Crippen molar-refractivity contribution in [3.05, 3.63) is 0 Å². The van der Waals surface area contributed by atoms with Gasteiger partial charge in [-0.1, -0.05) is 33.7 Å². The lowest BCUT2D eigenvalue weighted by Crippen LogP contribution is -2.57. The standard InChI is InChI=1S/C12H22O2Si/c1-8(2)15(9(3)4)7-10-6-12(10,15)11(13)14-5/h8-10H,6-7H2,1-5H3. The van der Waals surface area contributed by atoms with Crippen LogP contribution >= 0.6 is 0 Å². The molecule has 86 valence electrons. The first kappa shape index (κ1) is 11.2. The zero-order chi connectivity index (χ0) is 11.4. The number of esters is 1. The quantitative estimate of drug-likeness (QED) is 0.545. The number of hydrogen-bond acceptors (Lipinski definition) is 2. The van der Waals surface area contributed by atoms with Gasteiger partial charge in [0.2, 0.25) is 0 Å². The van der Waals surface area contributed by atoms with Gasteiger partial charge in [-0.05, 0) is 23.4 Å². The second-order valence-electron chi connectivity index (χ2n) is 5.92. The average Bonchev–Trinajstić information content (AvgIpc) is 2.72. The Bertz CT molecular complexity index is 290. The molecule has 0 aromatic carbocycles. The van der Waals surface area contributed by atoms with Crippen molar-refractivity contribution < 1.29 is 9.53 Å². The molecule has 0 aromatic heterocycles. The SMILES string of the molecule is COC(=O)C12CC1C[Si]2(C(C)C)C(C)C. The number of carbonyl (C=O) groups is 1. The smallest absolute Gasteiger partial charge is 0.309 e. The van der Waals surface area contributed by atoms with Crippen molar-refractivity contribution in [1.29, 1.82) is 0 Å². The summed E-state index contributed by atoms with van der Waals surface area (Å²) in [5.41, 5.74) is 1.41. The molecular weight excluding hydrogens is 204 g/mol. The van der Waals surface area contributed by atoms with E-state index in [9.17, 15) is 4.79 Å². The molecule has 1 aliphatic heterocycles. The molecule has 1 saturated carbocycles. The van der Waals surface area contributed by atoms with E-state index in [-0.39, 0.29) is 11.0 Å². The maximum absolute atomic E-state index is 12.0. The van der Waals surface area contributed by atoms with Crippen molar-refractivity contribution >= 4 is 14.0 Å². The monoisotopic (exact) mass is 226 g/mol. The van der Waals surface area contributed by atoms with E-state index in [0.717, 1.165) is 6.42 Å². The molecule has 1 saturated heterocycles. The van der Waals surface area contributed by atoms with Crippen molar-refractivity contribution in [2.24, 2.45) is 5.92 Å². The number of methoxy groups -OCH3 is 1. The highest BCUT2D eigenvalue weighted by Crippen LogP contribution is 2.83. The highest BCUT2D eigenvalue weighted by atomic mass is 28.3. The molecule has 0 aromatic rings. The number of fused-ring (bicyclic) bond motifs is 1. The zero-order valence-corrected chi connectivity index (χ0v) is 11.5. The number of ether oxygens (including phenoxy) is 1. The Balaban J connectivity index is 2.33. The van der Waals surface area contributed by atoms with Gasteiger partial charge in [-0.15, -0.1) is 0 Å². The van der Waals surface area contributed by atoms with Gasteiger partial charge in [-0.25, -0.2) is 0 Å². The van der Waals surface area contributed by atoms with Gasteiger partial charge in [-0.3, -0.25) is 4.79 Å².